The molecule has 1 atom stereocenters. The minimum absolute atomic E-state index is 0.290. The number of nitrogens with one attached hydrogen (secondary N) is 2. The van der Waals surface area contributed by atoms with E-state index in [0.29, 0.717) is 23.4 Å². The van der Waals surface area contributed by atoms with Crippen LogP contribution in [-0.2, 0) is 0 Å². The molecule has 0 saturated carbocycles. The fourth-order valence-electron chi connectivity index (χ4n) is 3.52. The van der Waals surface area contributed by atoms with Crippen molar-refractivity contribution in [3.63, 3.8) is 0 Å². The van der Waals surface area contributed by atoms with Crippen molar-refractivity contribution in [2.45, 2.75) is 33.2 Å². The minimum atomic E-state index is -0.290. The molecule has 9 heteroatoms. The Hall–Kier alpha value is -3.07. The standard InChI is InChI=1S/C19H24N8O/c1-4-20-15-5-6-26(10-15)19-21-7-14(8-22-19)18(28)25-16-11-27-9-12(2)23-17(27)13(3)24-16/h7-9,11,15,20H,4-6,10H2,1-3H3,(H,25,28). The van der Waals surface area contributed by atoms with E-state index >= 15 is 0 Å². The van der Waals surface area contributed by atoms with Gasteiger partial charge in [0.05, 0.1) is 23.1 Å². The molecule has 0 radical (unpaired) electrons. The highest BCUT2D eigenvalue weighted by Crippen LogP contribution is 2.17. The Balaban J connectivity index is 1.45. The maximum Gasteiger partial charge on any atom is 0.259 e. The molecule has 0 aliphatic carbocycles. The van der Waals surface area contributed by atoms with Gasteiger partial charge in [0.2, 0.25) is 5.95 Å². The van der Waals surface area contributed by atoms with Gasteiger partial charge in [-0.05, 0) is 26.8 Å². The van der Waals surface area contributed by atoms with Crippen LogP contribution in [0.1, 0.15) is 35.1 Å². The van der Waals surface area contributed by atoms with Crippen LogP contribution >= 0.6 is 0 Å². The number of imidazole rings is 1. The predicted octanol–water partition coefficient (Wildman–Crippen LogP) is 1.58. The summed E-state index contributed by atoms with van der Waals surface area (Å²) in [5, 5.41) is 6.26. The first-order valence-corrected chi connectivity index (χ1v) is 9.48. The van der Waals surface area contributed by atoms with Gasteiger partial charge in [-0.2, -0.15) is 0 Å². The third kappa shape index (κ3) is 3.65. The van der Waals surface area contributed by atoms with Crippen molar-refractivity contribution >= 4 is 23.3 Å². The lowest BCUT2D eigenvalue weighted by Crippen LogP contribution is -2.32. The second kappa shape index (κ2) is 7.51. The average molecular weight is 380 g/mol. The zero-order chi connectivity index (χ0) is 19.7. The molecule has 1 fully saturated rings. The maximum atomic E-state index is 12.6. The summed E-state index contributed by atoms with van der Waals surface area (Å²) >= 11 is 0. The number of anilines is 2. The summed E-state index contributed by atoms with van der Waals surface area (Å²) in [6.07, 6.45) is 7.84. The Kier molecular flexibility index (Phi) is 4.91. The Morgan fingerprint density at radius 3 is 2.75 bits per heavy atom. The third-order valence-corrected chi connectivity index (χ3v) is 4.83. The van der Waals surface area contributed by atoms with Crippen LogP contribution in [0.4, 0.5) is 11.8 Å². The number of amides is 1. The number of hydrogen-bond donors (Lipinski definition) is 2. The van der Waals surface area contributed by atoms with Crippen LogP contribution in [0.2, 0.25) is 0 Å². The number of aromatic nitrogens is 5. The monoisotopic (exact) mass is 380 g/mol. The molecule has 1 unspecified atom stereocenters. The molecule has 1 aliphatic heterocycles. The Morgan fingerprint density at radius 2 is 2.00 bits per heavy atom. The largest absolute Gasteiger partial charge is 0.339 e. The Labute approximate surface area is 163 Å². The van der Waals surface area contributed by atoms with E-state index in [4.69, 9.17) is 0 Å². The Bertz CT molecular complexity index is 997. The van der Waals surface area contributed by atoms with E-state index in [-0.39, 0.29) is 5.91 Å². The number of carbonyl (C=O) groups is 1. The molecule has 2 N–H and O–H groups in total. The van der Waals surface area contributed by atoms with Crippen LogP contribution in [0.15, 0.2) is 24.8 Å². The number of rotatable bonds is 5. The lowest BCUT2D eigenvalue weighted by Gasteiger charge is -2.16. The highest BCUT2D eigenvalue weighted by molar-refractivity contribution is 6.03. The van der Waals surface area contributed by atoms with Gasteiger partial charge in [0.15, 0.2) is 5.65 Å². The molecule has 0 bridgehead atoms. The van der Waals surface area contributed by atoms with Crippen molar-refractivity contribution in [3.05, 3.63) is 41.7 Å². The zero-order valence-corrected chi connectivity index (χ0v) is 16.3. The third-order valence-electron chi connectivity index (χ3n) is 4.83. The first-order chi connectivity index (χ1) is 13.5. The summed E-state index contributed by atoms with van der Waals surface area (Å²) in [4.78, 5) is 32.3. The van der Waals surface area contributed by atoms with Gasteiger partial charge >= 0.3 is 0 Å². The van der Waals surface area contributed by atoms with Crippen molar-refractivity contribution in [3.8, 4) is 0 Å². The van der Waals surface area contributed by atoms with Gasteiger partial charge in [-0.25, -0.2) is 19.9 Å². The second-order valence-corrected chi connectivity index (χ2v) is 7.04. The predicted molar refractivity (Wildman–Crippen MR) is 107 cm³/mol. The summed E-state index contributed by atoms with van der Waals surface area (Å²) in [7, 11) is 0. The van der Waals surface area contributed by atoms with Crippen molar-refractivity contribution in [2.24, 2.45) is 0 Å². The van der Waals surface area contributed by atoms with Crippen LogP contribution in [0.25, 0.3) is 5.65 Å². The second-order valence-electron chi connectivity index (χ2n) is 7.04. The summed E-state index contributed by atoms with van der Waals surface area (Å²) in [5.41, 5.74) is 2.83. The van der Waals surface area contributed by atoms with Crippen LogP contribution in [0.3, 0.4) is 0 Å². The summed E-state index contributed by atoms with van der Waals surface area (Å²) in [6, 6.07) is 0.465. The molecule has 146 valence electrons. The van der Waals surface area contributed by atoms with Crippen molar-refractivity contribution in [1.82, 2.24) is 29.7 Å². The van der Waals surface area contributed by atoms with E-state index in [1.54, 1.807) is 18.6 Å². The molecule has 4 heterocycles. The molecular formula is C19H24N8O. The highest BCUT2D eigenvalue weighted by Gasteiger charge is 2.23. The molecular weight excluding hydrogens is 356 g/mol. The lowest BCUT2D eigenvalue weighted by atomic mass is 10.3. The van der Waals surface area contributed by atoms with Gasteiger partial charge in [-0.1, -0.05) is 6.92 Å². The first kappa shape index (κ1) is 18.3. The SMILES string of the molecule is CCNC1CCN(c2ncc(C(=O)Nc3cn4cc(C)nc4c(C)n3)cn2)C1. The van der Waals surface area contributed by atoms with E-state index in [2.05, 4.69) is 42.4 Å². The molecule has 28 heavy (non-hydrogen) atoms. The number of fused-ring (bicyclic) bond motifs is 1. The van der Waals surface area contributed by atoms with Crippen molar-refractivity contribution in [2.75, 3.05) is 29.9 Å². The topological polar surface area (TPSA) is 100 Å². The van der Waals surface area contributed by atoms with Crippen LogP contribution < -0.4 is 15.5 Å². The molecule has 9 nitrogen and oxygen atoms in total. The van der Waals surface area contributed by atoms with Gasteiger partial charge in [-0.15, -0.1) is 0 Å². The smallest absolute Gasteiger partial charge is 0.259 e. The summed E-state index contributed by atoms with van der Waals surface area (Å²) in [6.45, 7) is 8.64. The fourth-order valence-corrected chi connectivity index (χ4v) is 3.52. The highest BCUT2D eigenvalue weighted by atomic mass is 16.1. The quantitative estimate of drug-likeness (QED) is 0.693. The van der Waals surface area contributed by atoms with Gasteiger partial charge in [0, 0.05) is 37.7 Å². The maximum absolute atomic E-state index is 12.6. The minimum Gasteiger partial charge on any atom is -0.339 e. The fraction of sp³-hybridized carbons (Fsp3) is 0.421. The molecule has 0 spiro atoms. The molecule has 1 saturated heterocycles. The number of hydrogen-bond acceptors (Lipinski definition) is 7. The number of carbonyl (C=O) groups excluding carboxylic acids is 1. The Morgan fingerprint density at radius 1 is 1.21 bits per heavy atom. The van der Waals surface area contributed by atoms with E-state index in [9.17, 15) is 4.79 Å². The van der Waals surface area contributed by atoms with E-state index < -0.39 is 0 Å². The first-order valence-electron chi connectivity index (χ1n) is 9.48. The molecule has 4 rings (SSSR count). The normalized spacial score (nSPS) is 16.7. The summed E-state index contributed by atoms with van der Waals surface area (Å²) in [5.74, 6) is 0.826. The molecule has 0 aromatic carbocycles. The average Bonchev–Trinajstić information content (AvgIpc) is 3.28. The number of aryl methyl sites for hydroxylation is 2. The van der Waals surface area contributed by atoms with Crippen molar-refractivity contribution < 1.29 is 4.79 Å². The van der Waals surface area contributed by atoms with Crippen molar-refractivity contribution in [1.29, 1.82) is 0 Å². The van der Waals surface area contributed by atoms with Crippen LogP contribution in [0.5, 0.6) is 0 Å². The number of nitrogens with zero attached hydrogens (tertiary/aromatic N) is 6. The van der Waals surface area contributed by atoms with Gasteiger partial charge < -0.3 is 19.9 Å². The lowest BCUT2D eigenvalue weighted by molar-refractivity contribution is 0.102. The summed E-state index contributed by atoms with van der Waals surface area (Å²) < 4.78 is 1.86. The number of likely N-dealkylation sites (N-methyl/N-ethyl adjacent to an activating group) is 1. The molecule has 3 aromatic heterocycles. The van der Waals surface area contributed by atoms with E-state index in [1.807, 2.05) is 24.4 Å². The van der Waals surface area contributed by atoms with Gasteiger partial charge in [0.1, 0.15) is 5.82 Å². The molecule has 1 amide bonds. The van der Waals surface area contributed by atoms with E-state index in [0.717, 1.165) is 43.1 Å². The van der Waals surface area contributed by atoms with Gasteiger partial charge in [-0.3, -0.25) is 4.79 Å². The molecule has 3 aromatic rings. The van der Waals surface area contributed by atoms with Crippen LogP contribution in [0, 0.1) is 13.8 Å². The zero-order valence-electron chi connectivity index (χ0n) is 16.3. The van der Waals surface area contributed by atoms with Gasteiger partial charge in [0.25, 0.3) is 5.91 Å². The molecule has 1 aliphatic rings. The van der Waals surface area contributed by atoms with Crippen LogP contribution in [-0.4, -0.2) is 55.9 Å². The van der Waals surface area contributed by atoms with E-state index in [1.165, 1.54) is 0 Å².